The molecule has 1 rings (SSSR count). The Balaban J connectivity index is 2.65. The van der Waals surface area contributed by atoms with Crippen LogP contribution in [0.1, 0.15) is 10.5 Å². The van der Waals surface area contributed by atoms with Crippen LogP contribution in [0.2, 0.25) is 5.02 Å². The van der Waals surface area contributed by atoms with Crippen LogP contribution in [0.4, 0.5) is 13.2 Å². The maximum absolute atomic E-state index is 12.1. The molecule has 1 atom stereocenters. The molecule has 1 heterocycles. The molecule has 0 aliphatic heterocycles. The number of hydrogen-bond acceptors (Lipinski definition) is 2. The lowest BCUT2D eigenvalue weighted by molar-refractivity contribution is -0.205. The lowest BCUT2D eigenvalue weighted by atomic mass is 10.3. The van der Waals surface area contributed by atoms with Gasteiger partial charge in [0.25, 0.3) is 5.91 Å². The molecule has 1 aromatic rings. The normalized spacial score (nSPS) is 13.5. The lowest BCUT2D eigenvalue weighted by Crippen LogP contribution is -2.41. The van der Waals surface area contributed by atoms with E-state index in [1.807, 2.05) is 0 Å². The number of aromatic amines is 1. The van der Waals surface area contributed by atoms with E-state index in [-0.39, 0.29) is 10.7 Å². The molecule has 8 heteroatoms. The number of amides is 1. The second-order valence-electron chi connectivity index (χ2n) is 3.47. The zero-order valence-electron chi connectivity index (χ0n) is 8.75. The molecule has 0 spiro atoms. The Hall–Kier alpha value is -1.21. The third kappa shape index (κ3) is 3.64. The second kappa shape index (κ2) is 4.97. The predicted molar refractivity (Wildman–Crippen MR) is 54.8 cm³/mol. The molecule has 1 aromatic heterocycles. The van der Waals surface area contributed by atoms with Gasteiger partial charge < -0.3 is 15.0 Å². The molecule has 1 unspecified atom stereocenters. The number of likely N-dealkylation sites (N-methyl/N-ethyl adjacent to an activating group) is 1. The first-order chi connectivity index (χ1) is 7.71. The van der Waals surface area contributed by atoms with E-state index in [0.29, 0.717) is 0 Å². The number of nitrogens with zero attached hydrogens (tertiary/aromatic N) is 1. The zero-order chi connectivity index (χ0) is 13.2. The SMILES string of the molecule is CN(CC(O)C(F)(F)F)C(=O)c1cc(Cl)c[nH]1. The van der Waals surface area contributed by atoms with Gasteiger partial charge >= 0.3 is 6.18 Å². The highest BCUT2D eigenvalue weighted by atomic mass is 35.5. The third-order valence-electron chi connectivity index (χ3n) is 2.05. The number of aliphatic hydroxyl groups excluding tert-OH is 1. The van der Waals surface area contributed by atoms with Crippen LogP contribution in [0.3, 0.4) is 0 Å². The van der Waals surface area contributed by atoms with Crippen molar-refractivity contribution >= 4 is 17.5 Å². The van der Waals surface area contributed by atoms with Crippen molar-refractivity contribution in [3.63, 3.8) is 0 Å². The number of carbonyl (C=O) groups is 1. The summed E-state index contributed by atoms with van der Waals surface area (Å²) in [5, 5.41) is 9.08. The summed E-state index contributed by atoms with van der Waals surface area (Å²) in [5.74, 6) is -0.680. The van der Waals surface area contributed by atoms with Crippen LogP contribution in [0.5, 0.6) is 0 Å². The van der Waals surface area contributed by atoms with Gasteiger partial charge in [0.15, 0.2) is 6.10 Å². The van der Waals surface area contributed by atoms with Crippen molar-refractivity contribution in [2.24, 2.45) is 0 Å². The molecule has 0 saturated heterocycles. The van der Waals surface area contributed by atoms with Crippen LogP contribution >= 0.6 is 11.6 Å². The van der Waals surface area contributed by atoms with E-state index in [1.165, 1.54) is 12.3 Å². The van der Waals surface area contributed by atoms with Crippen LogP contribution in [0.15, 0.2) is 12.3 Å². The van der Waals surface area contributed by atoms with Gasteiger partial charge in [-0.05, 0) is 6.07 Å². The number of hydrogen-bond donors (Lipinski definition) is 2. The number of alkyl halides is 3. The van der Waals surface area contributed by atoms with Gasteiger partial charge in [-0.3, -0.25) is 4.79 Å². The Morgan fingerprint density at radius 2 is 2.24 bits per heavy atom. The molecular formula is C9H10ClF3N2O2. The molecule has 17 heavy (non-hydrogen) atoms. The first-order valence-corrected chi connectivity index (χ1v) is 4.93. The Bertz CT molecular complexity index is 405. The summed E-state index contributed by atoms with van der Waals surface area (Å²) in [6.07, 6.45) is -5.98. The van der Waals surface area contributed by atoms with Crippen LogP contribution in [0.25, 0.3) is 0 Å². The van der Waals surface area contributed by atoms with Crippen LogP contribution in [0, 0.1) is 0 Å². The molecule has 4 nitrogen and oxygen atoms in total. The van der Waals surface area contributed by atoms with Gasteiger partial charge in [0.05, 0.1) is 11.6 Å². The van der Waals surface area contributed by atoms with E-state index in [2.05, 4.69) is 4.98 Å². The Kier molecular flexibility index (Phi) is 4.05. The molecule has 96 valence electrons. The Morgan fingerprint density at radius 1 is 1.65 bits per heavy atom. The fraction of sp³-hybridized carbons (Fsp3) is 0.444. The van der Waals surface area contributed by atoms with E-state index in [4.69, 9.17) is 16.7 Å². The zero-order valence-corrected chi connectivity index (χ0v) is 9.51. The van der Waals surface area contributed by atoms with E-state index in [1.54, 1.807) is 0 Å². The van der Waals surface area contributed by atoms with Gasteiger partial charge in [-0.25, -0.2) is 0 Å². The smallest absolute Gasteiger partial charge is 0.382 e. The summed E-state index contributed by atoms with van der Waals surface area (Å²) in [4.78, 5) is 14.9. The molecule has 0 saturated carbocycles. The maximum Gasteiger partial charge on any atom is 0.416 e. The summed E-state index contributed by atoms with van der Waals surface area (Å²) in [6, 6.07) is 1.29. The average Bonchev–Trinajstić information content (AvgIpc) is 2.62. The van der Waals surface area contributed by atoms with Gasteiger partial charge in [0.2, 0.25) is 0 Å². The molecule has 1 amide bonds. The van der Waals surface area contributed by atoms with Crippen molar-refractivity contribution in [1.29, 1.82) is 0 Å². The summed E-state index contributed by atoms with van der Waals surface area (Å²) < 4.78 is 36.2. The minimum absolute atomic E-state index is 0.0619. The molecule has 0 bridgehead atoms. The summed E-state index contributed by atoms with van der Waals surface area (Å²) in [5.41, 5.74) is 0.0619. The maximum atomic E-state index is 12.1. The van der Waals surface area contributed by atoms with Crippen molar-refractivity contribution in [1.82, 2.24) is 9.88 Å². The van der Waals surface area contributed by atoms with Crippen LogP contribution in [-0.2, 0) is 0 Å². The van der Waals surface area contributed by atoms with Gasteiger partial charge in [0, 0.05) is 13.2 Å². The average molecular weight is 271 g/mol. The summed E-state index contributed by atoms with van der Waals surface area (Å²) in [7, 11) is 1.16. The van der Waals surface area contributed by atoms with Gasteiger partial charge in [0.1, 0.15) is 5.69 Å². The molecule has 2 N–H and O–H groups in total. The van der Waals surface area contributed by atoms with E-state index >= 15 is 0 Å². The van der Waals surface area contributed by atoms with Gasteiger partial charge in [-0.2, -0.15) is 13.2 Å². The standard InChI is InChI=1S/C9H10ClF3N2O2/c1-15(4-7(16)9(11,12)13)8(17)6-2-5(10)3-14-6/h2-3,7,14,16H,4H2,1H3. The second-order valence-corrected chi connectivity index (χ2v) is 3.91. The lowest BCUT2D eigenvalue weighted by Gasteiger charge is -2.21. The van der Waals surface area contributed by atoms with Crippen molar-refractivity contribution in [3.05, 3.63) is 23.0 Å². The van der Waals surface area contributed by atoms with Crippen molar-refractivity contribution in [2.45, 2.75) is 12.3 Å². The molecular weight excluding hydrogens is 261 g/mol. The fourth-order valence-electron chi connectivity index (χ4n) is 1.14. The summed E-state index contributed by atoms with van der Waals surface area (Å²) in [6.45, 7) is -0.834. The topological polar surface area (TPSA) is 56.3 Å². The monoisotopic (exact) mass is 270 g/mol. The highest BCUT2D eigenvalue weighted by Gasteiger charge is 2.39. The first-order valence-electron chi connectivity index (χ1n) is 4.56. The number of H-pyrrole nitrogens is 1. The van der Waals surface area contributed by atoms with E-state index in [0.717, 1.165) is 11.9 Å². The molecule has 0 fully saturated rings. The molecule has 0 radical (unpaired) electrons. The highest BCUT2D eigenvalue weighted by Crippen LogP contribution is 2.21. The van der Waals surface area contributed by atoms with Gasteiger partial charge in [-0.1, -0.05) is 11.6 Å². The molecule has 0 aliphatic rings. The van der Waals surface area contributed by atoms with Gasteiger partial charge in [-0.15, -0.1) is 0 Å². The number of halogens is 4. The quantitative estimate of drug-likeness (QED) is 0.878. The minimum atomic E-state index is -4.75. The van der Waals surface area contributed by atoms with Crippen LogP contribution in [-0.4, -0.2) is 46.8 Å². The highest BCUT2D eigenvalue weighted by molar-refractivity contribution is 6.30. The number of carbonyl (C=O) groups excluding carboxylic acids is 1. The van der Waals surface area contributed by atoms with E-state index in [9.17, 15) is 18.0 Å². The predicted octanol–water partition coefficient (Wildman–Crippen LogP) is 1.66. The van der Waals surface area contributed by atoms with Crippen molar-refractivity contribution in [2.75, 3.05) is 13.6 Å². The number of rotatable bonds is 3. The number of aliphatic hydroxyl groups is 1. The van der Waals surface area contributed by atoms with E-state index < -0.39 is 24.7 Å². The van der Waals surface area contributed by atoms with Crippen molar-refractivity contribution < 1.29 is 23.1 Å². The minimum Gasteiger partial charge on any atom is -0.382 e. The first kappa shape index (κ1) is 13.9. The summed E-state index contributed by atoms with van der Waals surface area (Å²) >= 11 is 5.56. The van der Waals surface area contributed by atoms with Crippen molar-refractivity contribution in [3.8, 4) is 0 Å². The van der Waals surface area contributed by atoms with Crippen LogP contribution < -0.4 is 0 Å². The number of nitrogens with one attached hydrogen (secondary N) is 1. The Morgan fingerprint density at radius 3 is 2.65 bits per heavy atom. The third-order valence-corrected chi connectivity index (χ3v) is 2.27. The largest absolute Gasteiger partial charge is 0.416 e. The fourth-order valence-corrected chi connectivity index (χ4v) is 1.31. The number of aromatic nitrogens is 1. The molecule has 0 aromatic carbocycles. The Labute approximate surface area is 100.0 Å². The molecule has 0 aliphatic carbocycles.